The van der Waals surface area contributed by atoms with E-state index in [9.17, 15) is 19.3 Å². The second-order valence-corrected chi connectivity index (χ2v) is 6.59. The summed E-state index contributed by atoms with van der Waals surface area (Å²) in [5.74, 6) is -0.682. The number of hydrogen-bond acceptors (Lipinski definition) is 4. The number of nitro groups is 1. The monoisotopic (exact) mass is 407 g/mol. The Kier molecular flexibility index (Phi) is 4.98. The zero-order chi connectivity index (χ0) is 18.0. The number of nitrogens with zero attached hydrogens (tertiary/aromatic N) is 3. The summed E-state index contributed by atoms with van der Waals surface area (Å²) in [7, 11) is 0. The molecule has 130 valence electrons. The Bertz CT molecular complexity index is 805. The average Bonchev–Trinajstić information content (AvgIpc) is 2.62. The molecule has 6 nitrogen and oxygen atoms in total. The Morgan fingerprint density at radius 1 is 1.08 bits per heavy atom. The van der Waals surface area contributed by atoms with Crippen molar-refractivity contribution in [3.8, 4) is 0 Å². The van der Waals surface area contributed by atoms with Crippen molar-refractivity contribution in [2.75, 3.05) is 31.1 Å². The van der Waals surface area contributed by atoms with Crippen LogP contribution >= 0.6 is 15.9 Å². The van der Waals surface area contributed by atoms with Gasteiger partial charge in [-0.1, -0.05) is 15.9 Å². The SMILES string of the molecule is O=C(c1ccc(Br)cc1)N1CCN(c2ccc([N+](=O)[O-])cc2F)CC1. The molecule has 1 heterocycles. The van der Waals surface area contributed by atoms with Crippen LogP contribution in [0.4, 0.5) is 15.8 Å². The van der Waals surface area contributed by atoms with E-state index < -0.39 is 10.7 Å². The summed E-state index contributed by atoms with van der Waals surface area (Å²) in [6.45, 7) is 1.87. The normalized spacial score (nSPS) is 14.5. The van der Waals surface area contributed by atoms with Crippen molar-refractivity contribution in [2.24, 2.45) is 0 Å². The molecule has 2 aromatic carbocycles. The molecule has 1 amide bonds. The lowest BCUT2D eigenvalue weighted by Gasteiger charge is -2.36. The Balaban J connectivity index is 1.66. The summed E-state index contributed by atoms with van der Waals surface area (Å²) in [5, 5.41) is 10.7. The fraction of sp³-hybridized carbons (Fsp3) is 0.235. The molecule has 1 fully saturated rings. The van der Waals surface area contributed by atoms with Crippen LogP contribution in [0.5, 0.6) is 0 Å². The van der Waals surface area contributed by atoms with Crippen LogP contribution in [0.2, 0.25) is 0 Å². The van der Waals surface area contributed by atoms with Crippen molar-refractivity contribution < 1.29 is 14.1 Å². The number of carbonyl (C=O) groups excluding carboxylic acids is 1. The summed E-state index contributed by atoms with van der Waals surface area (Å²) in [4.78, 5) is 26.1. The standard InChI is InChI=1S/C17H15BrFN3O3/c18-13-3-1-12(2-4-13)17(23)21-9-7-20(8-10-21)16-6-5-14(22(24)25)11-15(16)19/h1-6,11H,7-10H2. The van der Waals surface area contributed by atoms with Gasteiger partial charge in [0.05, 0.1) is 16.7 Å². The highest BCUT2D eigenvalue weighted by atomic mass is 79.9. The predicted octanol–water partition coefficient (Wildman–Crippen LogP) is 3.46. The highest BCUT2D eigenvalue weighted by molar-refractivity contribution is 9.10. The van der Waals surface area contributed by atoms with Crippen LogP contribution in [0.1, 0.15) is 10.4 Å². The van der Waals surface area contributed by atoms with E-state index >= 15 is 0 Å². The van der Waals surface area contributed by atoms with E-state index in [-0.39, 0.29) is 11.6 Å². The van der Waals surface area contributed by atoms with Crippen molar-refractivity contribution in [3.05, 3.63) is 68.4 Å². The number of halogens is 2. The van der Waals surface area contributed by atoms with E-state index in [0.29, 0.717) is 37.4 Å². The minimum Gasteiger partial charge on any atom is -0.366 e. The molecule has 0 atom stereocenters. The largest absolute Gasteiger partial charge is 0.366 e. The number of anilines is 1. The first kappa shape index (κ1) is 17.3. The molecule has 8 heteroatoms. The Labute approximate surface area is 152 Å². The molecule has 3 rings (SSSR count). The lowest BCUT2D eigenvalue weighted by Crippen LogP contribution is -2.49. The van der Waals surface area contributed by atoms with Crippen LogP contribution in [-0.4, -0.2) is 41.9 Å². The van der Waals surface area contributed by atoms with Gasteiger partial charge in [0.1, 0.15) is 0 Å². The highest BCUT2D eigenvalue weighted by Gasteiger charge is 2.24. The number of hydrogen-bond donors (Lipinski definition) is 0. The van der Waals surface area contributed by atoms with Crippen molar-refractivity contribution in [1.29, 1.82) is 0 Å². The first-order chi connectivity index (χ1) is 12.0. The van der Waals surface area contributed by atoms with E-state index in [4.69, 9.17) is 0 Å². The molecule has 0 aliphatic carbocycles. The van der Waals surface area contributed by atoms with Crippen molar-refractivity contribution in [1.82, 2.24) is 4.90 Å². The topological polar surface area (TPSA) is 66.7 Å². The van der Waals surface area contributed by atoms with Crippen molar-refractivity contribution in [2.45, 2.75) is 0 Å². The Morgan fingerprint density at radius 2 is 1.72 bits per heavy atom. The first-order valence-electron chi connectivity index (χ1n) is 7.69. The second kappa shape index (κ2) is 7.18. The molecular formula is C17H15BrFN3O3. The summed E-state index contributed by atoms with van der Waals surface area (Å²) >= 11 is 3.34. The van der Waals surface area contributed by atoms with Gasteiger partial charge in [-0.2, -0.15) is 0 Å². The van der Waals surface area contributed by atoms with Crippen LogP contribution < -0.4 is 4.90 Å². The molecule has 1 aliphatic rings. The molecule has 0 N–H and O–H groups in total. The second-order valence-electron chi connectivity index (χ2n) is 5.68. The number of amides is 1. The predicted molar refractivity (Wildman–Crippen MR) is 95.3 cm³/mol. The maximum Gasteiger partial charge on any atom is 0.272 e. The smallest absolute Gasteiger partial charge is 0.272 e. The summed E-state index contributed by atoms with van der Waals surface area (Å²) < 4.78 is 15.0. The molecule has 25 heavy (non-hydrogen) atoms. The molecule has 0 saturated carbocycles. The number of nitro benzene ring substituents is 1. The number of rotatable bonds is 3. The maximum absolute atomic E-state index is 14.1. The number of non-ortho nitro benzene ring substituents is 1. The first-order valence-corrected chi connectivity index (χ1v) is 8.49. The molecule has 0 unspecified atom stereocenters. The number of benzene rings is 2. The average molecular weight is 408 g/mol. The summed E-state index contributed by atoms with van der Waals surface area (Å²) in [5.41, 5.74) is 0.657. The minimum absolute atomic E-state index is 0.0590. The molecule has 0 radical (unpaired) electrons. The van der Waals surface area contributed by atoms with Crippen LogP contribution in [0, 0.1) is 15.9 Å². The third-order valence-electron chi connectivity index (χ3n) is 4.14. The van der Waals surface area contributed by atoms with Gasteiger partial charge in [0, 0.05) is 42.3 Å². The van der Waals surface area contributed by atoms with Crippen LogP contribution in [0.15, 0.2) is 46.9 Å². The molecule has 0 aromatic heterocycles. The van der Waals surface area contributed by atoms with Crippen molar-refractivity contribution in [3.63, 3.8) is 0 Å². The van der Waals surface area contributed by atoms with Crippen molar-refractivity contribution >= 4 is 33.2 Å². The molecule has 0 bridgehead atoms. The van der Waals surface area contributed by atoms with Gasteiger partial charge in [0.25, 0.3) is 11.6 Å². The zero-order valence-corrected chi connectivity index (χ0v) is 14.8. The van der Waals surface area contributed by atoms with E-state index in [1.165, 1.54) is 12.1 Å². The van der Waals surface area contributed by atoms with Gasteiger partial charge in [-0.05, 0) is 30.3 Å². The van der Waals surface area contributed by atoms with E-state index in [1.54, 1.807) is 21.9 Å². The van der Waals surface area contributed by atoms with E-state index in [2.05, 4.69) is 15.9 Å². The van der Waals surface area contributed by atoms with Gasteiger partial charge in [-0.3, -0.25) is 14.9 Å². The van der Waals surface area contributed by atoms with Gasteiger partial charge in [0.15, 0.2) is 5.82 Å². The van der Waals surface area contributed by atoms with Gasteiger partial charge in [-0.15, -0.1) is 0 Å². The fourth-order valence-electron chi connectivity index (χ4n) is 2.79. The van der Waals surface area contributed by atoms with Gasteiger partial charge in [-0.25, -0.2) is 4.39 Å². The number of piperazine rings is 1. The molecular weight excluding hydrogens is 393 g/mol. The third-order valence-corrected chi connectivity index (χ3v) is 4.67. The van der Waals surface area contributed by atoms with Gasteiger partial charge >= 0.3 is 0 Å². The van der Waals surface area contributed by atoms with Gasteiger partial charge < -0.3 is 9.80 Å². The summed E-state index contributed by atoms with van der Waals surface area (Å²) in [6, 6.07) is 10.8. The lowest BCUT2D eigenvalue weighted by molar-refractivity contribution is -0.385. The molecule has 0 spiro atoms. The minimum atomic E-state index is -0.623. The van der Waals surface area contributed by atoms with Crippen LogP contribution in [-0.2, 0) is 0 Å². The van der Waals surface area contributed by atoms with E-state index in [0.717, 1.165) is 10.5 Å². The number of carbonyl (C=O) groups is 1. The van der Waals surface area contributed by atoms with Crippen LogP contribution in [0.3, 0.4) is 0 Å². The van der Waals surface area contributed by atoms with Crippen LogP contribution in [0.25, 0.3) is 0 Å². The molecule has 2 aromatic rings. The van der Waals surface area contributed by atoms with E-state index in [1.807, 2.05) is 12.1 Å². The third kappa shape index (κ3) is 3.79. The van der Waals surface area contributed by atoms with Gasteiger partial charge in [0.2, 0.25) is 0 Å². The molecule has 1 aliphatic heterocycles. The zero-order valence-electron chi connectivity index (χ0n) is 13.2. The quantitative estimate of drug-likeness (QED) is 0.577. The fourth-order valence-corrected chi connectivity index (χ4v) is 3.06. The highest BCUT2D eigenvalue weighted by Crippen LogP contribution is 2.25. The summed E-state index contributed by atoms with van der Waals surface area (Å²) in [6.07, 6.45) is 0. The molecule has 1 saturated heterocycles. The maximum atomic E-state index is 14.1. The Morgan fingerprint density at radius 3 is 2.28 bits per heavy atom. The lowest BCUT2D eigenvalue weighted by atomic mass is 10.1. The Hall–Kier alpha value is -2.48.